The molecule has 1 aliphatic heterocycles. The van der Waals surface area contributed by atoms with E-state index >= 15 is 0 Å². The molecule has 4 rings (SSSR count). The van der Waals surface area contributed by atoms with Crippen molar-refractivity contribution in [3.8, 4) is 17.0 Å². The van der Waals surface area contributed by atoms with Crippen LogP contribution in [-0.2, 0) is 19.3 Å². The Hall–Kier alpha value is -1.94. The zero-order chi connectivity index (χ0) is 19.3. The van der Waals surface area contributed by atoms with Crippen LogP contribution in [0, 0.1) is 5.92 Å². The minimum absolute atomic E-state index is 0.877. The quantitative estimate of drug-likeness (QED) is 0.755. The van der Waals surface area contributed by atoms with Gasteiger partial charge in [-0.3, -0.25) is 0 Å². The molecule has 0 atom stereocenters. The summed E-state index contributed by atoms with van der Waals surface area (Å²) in [5.41, 5.74) is 4.93. The van der Waals surface area contributed by atoms with Gasteiger partial charge in [0.1, 0.15) is 11.6 Å². The average Bonchev–Trinajstić information content (AvgIpc) is 2.96. The summed E-state index contributed by atoms with van der Waals surface area (Å²) in [6.07, 6.45) is 10.1. The van der Waals surface area contributed by atoms with Crippen LogP contribution in [0.15, 0.2) is 24.3 Å². The molecule has 1 saturated carbocycles. The SMILES string of the molecule is CCc1nc2c(c(-c3ccc(OC)cc3)n1)CCN(CC1CCCCC1)CC2. The van der Waals surface area contributed by atoms with Crippen molar-refractivity contribution in [3.05, 3.63) is 41.3 Å². The monoisotopic (exact) mass is 379 g/mol. The average molecular weight is 380 g/mol. The number of fused-ring (bicyclic) bond motifs is 1. The Labute approximate surface area is 169 Å². The maximum Gasteiger partial charge on any atom is 0.129 e. The van der Waals surface area contributed by atoms with Crippen LogP contribution in [0.25, 0.3) is 11.3 Å². The van der Waals surface area contributed by atoms with Gasteiger partial charge in [-0.25, -0.2) is 9.97 Å². The molecule has 0 N–H and O–H groups in total. The van der Waals surface area contributed by atoms with Crippen LogP contribution in [0.1, 0.15) is 56.1 Å². The molecule has 0 saturated heterocycles. The van der Waals surface area contributed by atoms with Gasteiger partial charge in [0.05, 0.1) is 12.8 Å². The molecule has 1 aromatic carbocycles. The zero-order valence-corrected chi connectivity index (χ0v) is 17.4. The van der Waals surface area contributed by atoms with Crippen molar-refractivity contribution in [1.29, 1.82) is 0 Å². The lowest BCUT2D eigenvalue weighted by atomic mass is 9.89. The van der Waals surface area contributed by atoms with Crippen molar-refractivity contribution < 1.29 is 4.74 Å². The second-order valence-electron chi connectivity index (χ2n) is 8.30. The number of nitrogens with zero attached hydrogens (tertiary/aromatic N) is 3. The van der Waals surface area contributed by atoms with E-state index in [9.17, 15) is 0 Å². The molecular formula is C24H33N3O. The Bertz CT molecular complexity index is 781. The molecule has 1 aliphatic carbocycles. The third-order valence-corrected chi connectivity index (χ3v) is 6.40. The summed E-state index contributed by atoms with van der Waals surface area (Å²) >= 11 is 0. The van der Waals surface area contributed by atoms with E-state index in [1.165, 1.54) is 55.5 Å². The van der Waals surface area contributed by atoms with E-state index in [4.69, 9.17) is 14.7 Å². The third kappa shape index (κ3) is 4.38. The van der Waals surface area contributed by atoms with Crippen molar-refractivity contribution in [1.82, 2.24) is 14.9 Å². The molecule has 0 amide bonds. The molecule has 4 nitrogen and oxygen atoms in total. The predicted octanol–water partition coefficient (Wildman–Crippen LogP) is 4.70. The number of methoxy groups -OCH3 is 1. The summed E-state index contributed by atoms with van der Waals surface area (Å²) in [5, 5.41) is 0. The number of aryl methyl sites for hydroxylation is 1. The van der Waals surface area contributed by atoms with Crippen LogP contribution in [0.3, 0.4) is 0 Å². The highest BCUT2D eigenvalue weighted by Crippen LogP contribution is 2.30. The van der Waals surface area contributed by atoms with Crippen LogP contribution in [0.4, 0.5) is 0 Å². The van der Waals surface area contributed by atoms with Crippen LogP contribution in [0.2, 0.25) is 0 Å². The highest BCUT2D eigenvalue weighted by molar-refractivity contribution is 5.65. The fourth-order valence-electron chi connectivity index (χ4n) is 4.76. The Morgan fingerprint density at radius 3 is 2.46 bits per heavy atom. The molecule has 150 valence electrons. The lowest BCUT2D eigenvalue weighted by Crippen LogP contribution is -2.32. The van der Waals surface area contributed by atoms with E-state index in [0.29, 0.717) is 0 Å². The summed E-state index contributed by atoms with van der Waals surface area (Å²) in [5.74, 6) is 2.75. The number of benzene rings is 1. The van der Waals surface area contributed by atoms with Gasteiger partial charge in [-0.2, -0.15) is 0 Å². The summed E-state index contributed by atoms with van der Waals surface area (Å²) in [6.45, 7) is 5.67. The maximum absolute atomic E-state index is 5.33. The fourth-order valence-corrected chi connectivity index (χ4v) is 4.76. The molecule has 0 radical (unpaired) electrons. The van der Waals surface area contributed by atoms with Crippen molar-refractivity contribution in [2.75, 3.05) is 26.7 Å². The number of hydrogen-bond donors (Lipinski definition) is 0. The number of ether oxygens (including phenoxy) is 1. The second kappa shape index (κ2) is 9.04. The minimum atomic E-state index is 0.877. The van der Waals surface area contributed by atoms with Gasteiger partial charge in [0.15, 0.2) is 0 Å². The second-order valence-corrected chi connectivity index (χ2v) is 8.30. The summed E-state index contributed by atoms with van der Waals surface area (Å²) in [6, 6.07) is 8.32. The summed E-state index contributed by atoms with van der Waals surface area (Å²) < 4.78 is 5.33. The largest absolute Gasteiger partial charge is 0.497 e. The number of rotatable bonds is 5. The first-order valence-corrected chi connectivity index (χ1v) is 11.0. The van der Waals surface area contributed by atoms with E-state index < -0.39 is 0 Å². The van der Waals surface area contributed by atoms with Gasteiger partial charge < -0.3 is 9.64 Å². The lowest BCUT2D eigenvalue weighted by molar-refractivity contribution is 0.207. The Kier molecular flexibility index (Phi) is 6.26. The first-order valence-electron chi connectivity index (χ1n) is 11.0. The molecule has 28 heavy (non-hydrogen) atoms. The van der Waals surface area contributed by atoms with E-state index in [0.717, 1.165) is 55.5 Å². The van der Waals surface area contributed by atoms with Crippen LogP contribution in [0.5, 0.6) is 5.75 Å². The van der Waals surface area contributed by atoms with Crippen LogP contribution in [-0.4, -0.2) is 41.6 Å². The van der Waals surface area contributed by atoms with Gasteiger partial charge in [0.25, 0.3) is 0 Å². The molecule has 0 spiro atoms. The number of hydrogen-bond acceptors (Lipinski definition) is 4. The normalized spacial score (nSPS) is 18.5. The smallest absolute Gasteiger partial charge is 0.129 e. The van der Waals surface area contributed by atoms with Crippen molar-refractivity contribution in [2.24, 2.45) is 5.92 Å². The van der Waals surface area contributed by atoms with Crippen molar-refractivity contribution in [2.45, 2.75) is 58.3 Å². The molecular weight excluding hydrogens is 346 g/mol. The fraction of sp³-hybridized carbons (Fsp3) is 0.583. The molecule has 0 unspecified atom stereocenters. The first-order chi connectivity index (χ1) is 13.8. The van der Waals surface area contributed by atoms with Gasteiger partial charge in [0.2, 0.25) is 0 Å². The van der Waals surface area contributed by atoms with Crippen molar-refractivity contribution in [3.63, 3.8) is 0 Å². The Morgan fingerprint density at radius 1 is 1.00 bits per heavy atom. The highest BCUT2D eigenvalue weighted by Gasteiger charge is 2.23. The Morgan fingerprint density at radius 2 is 1.75 bits per heavy atom. The van der Waals surface area contributed by atoms with Gasteiger partial charge >= 0.3 is 0 Å². The molecule has 1 aromatic heterocycles. The molecule has 2 heterocycles. The zero-order valence-electron chi connectivity index (χ0n) is 17.4. The summed E-state index contributed by atoms with van der Waals surface area (Å²) in [4.78, 5) is 12.6. The van der Waals surface area contributed by atoms with E-state index in [1.54, 1.807) is 7.11 Å². The number of aromatic nitrogens is 2. The van der Waals surface area contributed by atoms with Gasteiger partial charge in [0, 0.05) is 49.3 Å². The molecule has 2 aromatic rings. The topological polar surface area (TPSA) is 38.3 Å². The molecule has 2 aliphatic rings. The van der Waals surface area contributed by atoms with Crippen LogP contribution < -0.4 is 4.74 Å². The standard InChI is InChI=1S/C24H33N3O/c1-3-23-25-22-14-16-27(17-18-7-5-4-6-8-18)15-13-21(22)24(26-23)19-9-11-20(28-2)12-10-19/h9-12,18H,3-8,13-17H2,1-2H3. The van der Waals surface area contributed by atoms with Gasteiger partial charge in [-0.15, -0.1) is 0 Å². The Balaban J connectivity index is 1.57. The first kappa shape index (κ1) is 19.4. The maximum atomic E-state index is 5.33. The van der Waals surface area contributed by atoms with Crippen molar-refractivity contribution >= 4 is 0 Å². The molecule has 4 heteroatoms. The third-order valence-electron chi connectivity index (χ3n) is 6.40. The van der Waals surface area contributed by atoms with Gasteiger partial charge in [-0.1, -0.05) is 26.2 Å². The van der Waals surface area contributed by atoms with E-state index in [2.05, 4.69) is 24.0 Å². The predicted molar refractivity (Wildman–Crippen MR) is 114 cm³/mol. The molecule has 0 bridgehead atoms. The van der Waals surface area contributed by atoms with E-state index in [-0.39, 0.29) is 0 Å². The highest BCUT2D eigenvalue weighted by atomic mass is 16.5. The summed E-state index contributed by atoms with van der Waals surface area (Å²) in [7, 11) is 1.71. The lowest BCUT2D eigenvalue weighted by Gasteiger charge is -2.28. The van der Waals surface area contributed by atoms with Crippen LogP contribution >= 0.6 is 0 Å². The molecule has 1 fully saturated rings. The minimum Gasteiger partial charge on any atom is -0.497 e. The van der Waals surface area contributed by atoms with Gasteiger partial charge in [-0.05, 0) is 49.4 Å². The van der Waals surface area contributed by atoms with E-state index in [1.807, 2.05) is 12.1 Å².